The summed E-state index contributed by atoms with van der Waals surface area (Å²) in [7, 11) is 0. The Morgan fingerprint density at radius 1 is 1.04 bits per heavy atom. The Morgan fingerprint density at radius 3 is 2.36 bits per heavy atom. The SMILES string of the molecule is C[C@H]1CCCCN1C(=O)CN1CCN(C(=O)c2ccc(I)cc2)CC1. The van der Waals surface area contributed by atoms with E-state index >= 15 is 0 Å². The molecule has 2 fully saturated rings. The van der Waals surface area contributed by atoms with Gasteiger partial charge in [0.05, 0.1) is 6.54 Å². The van der Waals surface area contributed by atoms with Gasteiger partial charge in [0.1, 0.15) is 0 Å². The summed E-state index contributed by atoms with van der Waals surface area (Å²) < 4.78 is 1.13. The molecule has 2 aliphatic rings. The van der Waals surface area contributed by atoms with Crippen LogP contribution in [0.25, 0.3) is 0 Å². The summed E-state index contributed by atoms with van der Waals surface area (Å²) in [4.78, 5) is 31.2. The summed E-state index contributed by atoms with van der Waals surface area (Å²) >= 11 is 2.24. The standard InChI is InChI=1S/C19H26IN3O2/c1-15-4-2-3-9-23(15)18(24)14-21-10-12-22(13-11-21)19(25)16-5-7-17(20)8-6-16/h5-8,15H,2-4,9-14H2,1H3/t15-/m0/s1. The van der Waals surface area contributed by atoms with Gasteiger partial charge in [-0.15, -0.1) is 0 Å². The molecule has 0 unspecified atom stereocenters. The molecule has 1 aromatic rings. The number of likely N-dealkylation sites (tertiary alicyclic amines) is 1. The summed E-state index contributed by atoms with van der Waals surface area (Å²) in [6, 6.07) is 8.06. The number of nitrogens with zero attached hydrogens (tertiary/aromatic N) is 3. The first kappa shape index (κ1) is 18.6. The summed E-state index contributed by atoms with van der Waals surface area (Å²) in [5.74, 6) is 0.330. The Kier molecular flexibility index (Phi) is 6.33. The van der Waals surface area contributed by atoms with Crippen molar-refractivity contribution in [2.24, 2.45) is 0 Å². The number of piperidine rings is 1. The minimum Gasteiger partial charge on any atom is -0.339 e. The number of piperazine rings is 1. The minimum absolute atomic E-state index is 0.0898. The molecule has 2 amide bonds. The fourth-order valence-corrected chi connectivity index (χ4v) is 3.99. The maximum atomic E-state index is 12.6. The zero-order valence-corrected chi connectivity index (χ0v) is 16.9. The van der Waals surface area contributed by atoms with Crippen LogP contribution in [0.15, 0.2) is 24.3 Å². The van der Waals surface area contributed by atoms with Crippen molar-refractivity contribution in [1.82, 2.24) is 14.7 Å². The Morgan fingerprint density at radius 2 is 1.72 bits per heavy atom. The lowest BCUT2D eigenvalue weighted by atomic mass is 10.0. The molecule has 0 spiro atoms. The third-order valence-electron chi connectivity index (χ3n) is 5.23. The van der Waals surface area contributed by atoms with Crippen molar-refractivity contribution in [3.8, 4) is 0 Å². The van der Waals surface area contributed by atoms with E-state index in [1.807, 2.05) is 34.1 Å². The number of benzene rings is 1. The fourth-order valence-electron chi connectivity index (χ4n) is 3.63. The van der Waals surface area contributed by atoms with Gasteiger partial charge in [0.2, 0.25) is 5.91 Å². The van der Waals surface area contributed by atoms with Crippen LogP contribution < -0.4 is 0 Å². The topological polar surface area (TPSA) is 43.9 Å². The van der Waals surface area contributed by atoms with Crippen LogP contribution in [0.2, 0.25) is 0 Å². The molecule has 0 aromatic heterocycles. The van der Waals surface area contributed by atoms with Gasteiger partial charge < -0.3 is 9.80 Å². The van der Waals surface area contributed by atoms with Crippen molar-refractivity contribution in [2.75, 3.05) is 39.3 Å². The third kappa shape index (κ3) is 4.73. The van der Waals surface area contributed by atoms with Crippen molar-refractivity contribution in [3.05, 3.63) is 33.4 Å². The molecule has 6 heteroatoms. The van der Waals surface area contributed by atoms with Crippen LogP contribution in [0.3, 0.4) is 0 Å². The quantitative estimate of drug-likeness (QED) is 0.658. The second-order valence-corrected chi connectivity index (χ2v) is 8.25. The summed E-state index contributed by atoms with van der Waals surface area (Å²) in [6.07, 6.45) is 3.46. The van der Waals surface area contributed by atoms with Gasteiger partial charge in [-0.3, -0.25) is 14.5 Å². The summed E-state index contributed by atoms with van der Waals surface area (Å²) in [5, 5.41) is 0. The van der Waals surface area contributed by atoms with Crippen LogP contribution in [0.1, 0.15) is 36.5 Å². The smallest absolute Gasteiger partial charge is 0.253 e. The van der Waals surface area contributed by atoms with Crippen LogP contribution in [0.4, 0.5) is 0 Å². The molecule has 0 N–H and O–H groups in total. The van der Waals surface area contributed by atoms with Crippen LogP contribution in [0, 0.1) is 3.57 Å². The van der Waals surface area contributed by atoms with Gasteiger partial charge in [0, 0.05) is 47.9 Å². The first-order valence-electron chi connectivity index (χ1n) is 9.11. The molecule has 0 radical (unpaired) electrons. The minimum atomic E-state index is 0.0898. The van der Waals surface area contributed by atoms with Crippen LogP contribution in [-0.4, -0.2) is 71.8 Å². The zero-order valence-electron chi connectivity index (χ0n) is 14.8. The van der Waals surface area contributed by atoms with Gasteiger partial charge in [0.15, 0.2) is 0 Å². The van der Waals surface area contributed by atoms with E-state index in [9.17, 15) is 9.59 Å². The van der Waals surface area contributed by atoms with E-state index in [2.05, 4.69) is 34.4 Å². The van der Waals surface area contributed by atoms with Crippen molar-refractivity contribution in [2.45, 2.75) is 32.2 Å². The molecule has 0 bridgehead atoms. The first-order valence-corrected chi connectivity index (χ1v) is 10.2. The Hall–Kier alpha value is -1.15. The van der Waals surface area contributed by atoms with E-state index < -0.39 is 0 Å². The first-order chi connectivity index (χ1) is 12.0. The van der Waals surface area contributed by atoms with E-state index in [-0.39, 0.29) is 11.8 Å². The van der Waals surface area contributed by atoms with E-state index in [4.69, 9.17) is 0 Å². The van der Waals surface area contributed by atoms with E-state index in [1.165, 1.54) is 6.42 Å². The number of hydrogen-bond donors (Lipinski definition) is 0. The number of rotatable bonds is 3. The van der Waals surface area contributed by atoms with Gasteiger partial charge in [-0.1, -0.05) is 0 Å². The molecule has 2 heterocycles. The molecule has 1 aromatic carbocycles. The molecular formula is C19H26IN3O2. The average molecular weight is 455 g/mol. The number of carbonyl (C=O) groups excluding carboxylic acids is 2. The van der Waals surface area contributed by atoms with Crippen molar-refractivity contribution < 1.29 is 9.59 Å². The summed E-state index contributed by atoms with van der Waals surface area (Å²) in [5.41, 5.74) is 0.743. The average Bonchev–Trinajstić information content (AvgIpc) is 2.63. The number of amides is 2. The number of hydrogen-bond acceptors (Lipinski definition) is 3. The zero-order chi connectivity index (χ0) is 17.8. The molecule has 136 valence electrons. The van der Waals surface area contributed by atoms with Crippen LogP contribution >= 0.6 is 22.6 Å². The van der Waals surface area contributed by atoms with Gasteiger partial charge in [-0.05, 0) is 73.0 Å². The molecular weight excluding hydrogens is 429 g/mol. The van der Waals surface area contributed by atoms with Crippen molar-refractivity contribution in [3.63, 3.8) is 0 Å². The highest BCUT2D eigenvalue weighted by molar-refractivity contribution is 14.1. The predicted molar refractivity (Wildman–Crippen MR) is 107 cm³/mol. The fraction of sp³-hybridized carbons (Fsp3) is 0.579. The summed E-state index contributed by atoms with van der Waals surface area (Å²) in [6.45, 7) is 6.44. The maximum absolute atomic E-state index is 12.6. The van der Waals surface area contributed by atoms with E-state index in [0.29, 0.717) is 25.7 Å². The third-order valence-corrected chi connectivity index (χ3v) is 5.95. The van der Waals surface area contributed by atoms with Crippen LogP contribution in [0.5, 0.6) is 0 Å². The van der Waals surface area contributed by atoms with Crippen molar-refractivity contribution in [1.29, 1.82) is 0 Å². The second kappa shape index (κ2) is 8.49. The lowest BCUT2D eigenvalue weighted by molar-refractivity contribution is -0.136. The molecule has 2 aliphatic heterocycles. The molecule has 0 saturated carbocycles. The highest BCUT2D eigenvalue weighted by atomic mass is 127. The van der Waals surface area contributed by atoms with Gasteiger partial charge in [0.25, 0.3) is 5.91 Å². The lowest BCUT2D eigenvalue weighted by Gasteiger charge is -2.38. The van der Waals surface area contributed by atoms with Crippen LogP contribution in [-0.2, 0) is 4.79 Å². The predicted octanol–water partition coefficient (Wildman–Crippen LogP) is 2.45. The molecule has 0 aliphatic carbocycles. The molecule has 1 atom stereocenters. The lowest BCUT2D eigenvalue weighted by Crippen LogP contribution is -2.53. The highest BCUT2D eigenvalue weighted by Crippen LogP contribution is 2.17. The molecule has 3 rings (SSSR count). The van der Waals surface area contributed by atoms with Gasteiger partial charge in [-0.2, -0.15) is 0 Å². The Balaban J connectivity index is 1.49. The van der Waals surface area contributed by atoms with Gasteiger partial charge >= 0.3 is 0 Å². The maximum Gasteiger partial charge on any atom is 0.253 e. The normalized spacial score (nSPS) is 22.1. The van der Waals surface area contributed by atoms with Gasteiger partial charge in [-0.25, -0.2) is 0 Å². The highest BCUT2D eigenvalue weighted by Gasteiger charge is 2.27. The molecule has 5 nitrogen and oxygen atoms in total. The monoisotopic (exact) mass is 455 g/mol. The van der Waals surface area contributed by atoms with E-state index in [0.717, 1.165) is 41.6 Å². The Bertz CT molecular complexity index is 612. The Labute approximate surface area is 163 Å². The molecule has 2 saturated heterocycles. The van der Waals surface area contributed by atoms with E-state index in [1.54, 1.807) is 0 Å². The number of halogens is 1. The second-order valence-electron chi connectivity index (χ2n) is 7.01. The van der Waals surface area contributed by atoms with Crippen molar-refractivity contribution >= 4 is 34.4 Å². The molecule has 25 heavy (non-hydrogen) atoms. The number of carbonyl (C=O) groups is 2. The largest absolute Gasteiger partial charge is 0.339 e.